The first-order valence-electron chi connectivity index (χ1n) is 15.4. The predicted octanol–water partition coefficient (Wildman–Crippen LogP) is 7.04. The Morgan fingerprint density at radius 3 is 2.44 bits per heavy atom. The van der Waals surface area contributed by atoms with Crippen LogP contribution < -0.4 is 10.9 Å². The Bertz CT molecular complexity index is 821. The topological polar surface area (TPSA) is 61.4 Å². The van der Waals surface area contributed by atoms with E-state index in [0.29, 0.717) is 36.6 Å². The average molecular weight is 501 g/mol. The van der Waals surface area contributed by atoms with Crippen LogP contribution in [0.5, 0.6) is 0 Å². The van der Waals surface area contributed by atoms with Gasteiger partial charge in [-0.25, -0.2) is 5.43 Å². The monoisotopic (exact) mass is 500 g/mol. The molecule has 0 spiro atoms. The highest BCUT2D eigenvalue weighted by Gasteiger charge is 2.60. The fraction of sp³-hybridized carbons (Fsp3) is 0.906. The summed E-state index contributed by atoms with van der Waals surface area (Å²) in [7, 11) is 0. The van der Waals surface area contributed by atoms with Gasteiger partial charge >= 0.3 is 0 Å². The molecule has 4 rings (SSSR count). The first-order chi connectivity index (χ1) is 16.9. The summed E-state index contributed by atoms with van der Waals surface area (Å²) in [6.45, 7) is 17.3. The van der Waals surface area contributed by atoms with Crippen LogP contribution in [-0.2, 0) is 4.79 Å². The second-order valence-corrected chi connectivity index (χ2v) is 14.7. The molecule has 4 nitrogen and oxygen atoms in total. The molecule has 4 aliphatic rings. The van der Waals surface area contributed by atoms with E-state index < -0.39 is 5.60 Å². The van der Waals surface area contributed by atoms with Crippen molar-refractivity contribution in [1.82, 2.24) is 10.9 Å². The van der Waals surface area contributed by atoms with Gasteiger partial charge < -0.3 is 5.11 Å². The van der Waals surface area contributed by atoms with Gasteiger partial charge in [-0.3, -0.25) is 10.2 Å². The number of carbonyl (C=O) groups is 1. The molecule has 3 N–H and O–H groups in total. The number of aliphatic hydroxyl groups is 1. The van der Waals surface area contributed by atoms with Gasteiger partial charge in [-0.05, 0) is 97.2 Å². The standard InChI is InChI=1S/C32H56N2O2/c1-21(2)9-8-10-23(5)26-13-14-27-25-12-11-24-19-32(36,29(35)34-33-20-22(3)4)18-17-30(24,6)28(25)15-16-31(26,27)7/h11,21-23,25-28,33,36H,8-10,12-20H2,1-7H3,(H,34,35)/t23-,25+,26-,27+,28+,30+,31-,32?/m1/s1. The summed E-state index contributed by atoms with van der Waals surface area (Å²) in [5, 5.41) is 11.4. The summed E-state index contributed by atoms with van der Waals surface area (Å²) < 4.78 is 0. The predicted molar refractivity (Wildman–Crippen MR) is 149 cm³/mol. The largest absolute Gasteiger partial charge is 0.380 e. The molecule has 0 saturated heterocycles. The van der Waals surface area contributed by atoms with Crippen molar-refractivity contribution in [2.75, 3.05) is 6.54 Å². The van der Waals surface area contributed by atoms with Crippen LogP contribution in [-0.4, -0.2) is 23.2 Å². The van der Waals surface area contributed by atoms with Crippen LogP contribution in [0.25, 0.3) is 0 Å². The van der Waals surface area contributed by atoms with Gasteiger partial charge in [-0.2, -0.15) is 0 Å². The smallest absolute Gasteiger partial charge is 0.266 e. The van der Waals surface area contributed by atoms with E-state index in [1.807, 2.05) is 0 Å². The number of carbonyl (C=O) groups excluding carboxylic acids is 1. The van der Waals surface area contributed by atoms with E-state index in [9.17, 15) is 9.90 Å². The number of amides is 1. The molecule has 0 aromatic carbocycles. The van der Waals surface area contributed by atoms with Crippen LogP contribution in [0.1, 0.15) is 119 Å². The molecule has 3 saturated carbocycles. The highest BCUT2D eigenvalue weighted by molar-refractivity contribution is 5.85. The van der Waals surface area contributed by atoms with Gasteiger partial charge in [-0.1, -0.05) is 79.4 Å². The highest BCUT2D eigenvalue weighted by atomic mass is 16.3. The maximum atomic E-state index is 12.9. The van der Waals surface area contributed by atoms with Gasteiger partial charge in [-0.15, -0.1) is 0 Å². The second kappa shape index (κ2) is 10.7. The number of nitrogens with one attached hydrogen (secondary N) is 2. The van der Waals surface area contributed by atoms with Crippen molar-refractivity contribution in [2.24, 2.45) is 52.3 Å². The van der Waals surface area contributed by atoms with E-state index >= 15 is 0 Å². The molecule has 0 heterocycles. The SMILES string of the molecule is CC(C)CCC[C@@H](C)[C@H]1CC[C@H]2[C@@H]3CC=C4CC(O)(C(=O)NNCC(C)C)CC[C@]4(C)[C@H]3CC[C@]12C. The molecule has 36 heavy (non-hydrogen) atoms. The van der Waals surface area contributed by atoms with E-state index in [4.69, 9.17) is 0 Å². The number of allylic oxidation sites excluding steroid dienone is 1. The van der Waals surface area contributed by atoms with Crippen LogP contribution in [0.3, 0.4) is 0 Å². The minimum Gasteiger partial charge on any atom is -0.380 e. The lowest BCUT2D eigenvalue weighted by Gasteiger charge is -2.59. The van der Waals surface area contributed by atoms with Gasteiger partial charge in [0.1, 0.15) is 5.60 Å². The van der Waals surface area contributed by atoms with Crippen molar-refractivity contribution < 1.29 is 9.90 Å². The van der Waals surface area contributed by atoms with E-state index in [1.54, 1.807) is 0 Å². The molecule has 3 fully saturated rings. The van der Waals surface area contributed by atoms with E-state index in [0.717, 1.165) is 42.4 Å². The zero-order valence-corrected chi connectivity index (χ0v) is 24.5. The van der Waals surface area contributed by atoms with Gasteiger partial charge in [0.05, 0.1) is 0 Å². The van der Waals surface area contributed by atoms with E-state index in [-0.39, 0.29) is 11.3 Å². The number of hydrogen-bond acceptors (Lipinski definition) is 3. The zero-order chi connectivity index (χ0) is 26.3. The van der Waals surface area contributed by atoms with E-state index in [1.165, 1.54) is 50.5 Å². The Morgan fingerprint density at radius 2 is 1.75 bits per heavy atom. The third-order valence-electron chi connectivity index (χ3n) is 11.5. The summed E-state index contributed by atoms with van der Waals surface area (Å²) in [4.78, 5) is 12.9. The molecule has 8 atom stereocenters. The fourth-order valence-corrected chi connectivity index (χ4v) is 9.32. The Kier molecular flexibility index (Phi) is 8.38. The van der Waals surface area contributed by atoms with Gasteiger partial charge in [0.2, 0.25) is 0 Å². The van der Waals surface area contributed by atoms with Crippen molar-refractivity contribution in [1.29, 1.82) is 0 Å². The van der Waals surface area contributed by atoms with Gasteiger partial charge in [0, 0.05) is 13.0 Å². The molecule has 0 bridgehead atoms. The molecule has 0 radical (unpaired) electrons. The molecule has 1 amide bonds. The minimum absolute atomic E-state index is 0.142. The Balaban J connectivity index is 1.44. The number of rotatable bonds is 9. The number of hydrogen-bond donors (Lipinski definition) is 3. The van der Waals surface area contributed by atoms with Crippen LogP contribution in [0.2, 0.25) is 0 Å². The molecular weight excluding hydrogens is 444 g/mol. The van der Waals surface area contributed by atoms with Crippen LogP contribution in [0.4, 0.5) is 0 Å². The summed E-state index contributed by atoms with van der Waals surface area (Å²) in [5.74, 6) is 5.06. The van der Waals surface area contributed by atoms with E-state index in [2.05, 4.69) is 65.4 Å². The molecular formula is C32H56N2O2. The van der Waals surface area contributed by atoms with Crippen LogP contribution >= 0.6 is 0 Å². The highest BCUT2D eigenvalue weighted by Crippen LogP contribution is 2.67. The first kappa shape index (κ1) is 28.1. The molecule has 206 valence electrons. The fourth-order valence-electron chi connectivity index (χ4n) is 9.32. The quantitative estimate of drug-likeness (QED) is 0.235. The molecule has 4 aliphatic carbocycles. The third kappa shape index (κ3) is 5.20. The summed E-state index contributed by atoms with van der Waals surface area (Å²) in [6, 6.07) is 0. The maximum absolute atomic E-state index is 12.9. The molecule has 0 aromatic rings. The summed E-state index contributed by atoms with van der Waals surface area (Å²) >= 11 is 0. The van der Waals surface area contributed by atoms with Gasteiger partial charge in [0.15, 0.2) is 0 Å². The summed E-state index contributed by atoms with van der Waals surface area (Å²) in [5.41, 5.74) is 6.52. The van der Waals surface area contributed by atoms with Crippen molar-refractivity contribution in [2.45, 2.75) is 125 Å². The lowest BCUT2D eigenvalue weighted by Crippen LogP contribution is -2.57. The van der Waals surface area contributed by atoms with Crippen LogP contribution in [0, 0.1) is 52.3 Å². The molecule has 0 aromatic heterocycles. The lowest BCUT2D eigenvalue weighted by atomic mass is 9.46. The van der Waals surface area contributed by atoms with Crippen LogP contribution in [0.15, 0.2) is 11.6 Å². The summed E-state index contributed by atoms with van der Waals surface area (Å²) in [6.07, 6.45) is 15.3. The normalized spacial score (nSPS) is 40.9. The molecule has 4 heteroatoms. The number of fused-ring (bicyclic) bond motifs is 5. The van der Waals surface area contributed by atoms with Gasteiger partial charge in [0.25, 0.3) is 5.91 Å². The first-order valence-corrected chi connectivity index (χ1v) is 15.4. The van der Waals surface area contributed by atoms with Crippen molar-refractivity contribution >= 4 is 5.91 Å². The van der Waals surface area contributed by atoms with Crippen molar-refractivity contribution in [3.05, 3.63) is 11.6 Å². The third-order valence-corrected chi connectivity index (χ3v) is 11.5. The lowest BCUT2D eigenvalue weighted by molar-refractivity contribution is -0.146. The Hall–Kier alpha value is -0.870. The minimum atomic E-state index is -1.28. The van der Waals surface area contributed by atoms with Crippen molar-refractivity contribution in [3.63, 3.8) is 0 Å². The molecule has 0 aliphatic heterocycles. The average Bonchev–Trinajstić information content (AvgIpc) is 3.16. The second-order valence-electron chi connectivity index (χ2n) is 14.7. The molecule has 1 unspecified atom stereocenters. The maximum Gasteiger partial charge on any atom is 0.266 e. The number of hydrazine groups is 1. The Labute approximate surface area is 221 Å². The zero-order valence-electron chi connectivity index (χ0n) is 24.5. The van der Waals surface area contributed by atoms with Crippen molar-refractivity contribution in [3.8, 4) is 0 Å². The Morgan fingerprint density at radius 1 is 1.00 bits per heavy atom.